The molecule has 3 heterocycles. The number of carbonyl (C=O) groups is 1. The Kier molecular flexibility index (Phi) is 5.78. The summed E-state index contributed by atoms with van der Waals surface area (Å²) in [5.74, 6) is 0. The highest BCUT2D eigenvalue weighted by atomic mass is 32.2. The zero-order valence-electron chi connectivity index (χ0n) is 13.6. The number of amides is 2. The lowest BCUT2D eigenvalue weighted by Gasteiger charge is -2.35. The summed E-state index contributed by atoms with van der Waals surface area (Å²) < 4.78 is 5.85. The summed E-state index contributed by atoms with van der Waals surface area (Å²) in [6.07, 6.45) is 9.70. The molecule has 3 rings (SSSR count). The number of urea groups is 1. The first-order valence-corrected chi connectivity index (χ1v) is 9.65. The fraction of sp³-hybridized carbons (Fsp3) is 0.647. The van der Waals surface area contributed by atoms with Gasteiger partial charge >= 0.3 is 6.03 Å². The van der Waals surface area contributed by atoms with E-state index in [-0.39, 0.29) is 18.2 Å². The number of piperidine rings is 1. The lowest BCUT2D eigenvalue weighted by molar-refractivity contribution is 0.00133. The summed E-state index contributed by atoms with van der Waals surface area (Å²) >= 11 is 1.91. The monoisotopic (exact) mass is 335 g/mol. The molecule has 2 saturated heterocycles. The Balaban J connectivity index is 1.51. The minimum absolute atomic E-state index is 0.0549. The van der Waals surface area contributed by atoms with Gasteiger partial charge in [0.25, 0.3) is 0 Å². The van der Waals surface area contributed by atoms with Crippen molar-refractivity contribution >= 4 is 17.8 Å². The third kappa shape index (κ3) is 4.38. The number of likely N-dealkylation sites (tertiary alicyclic amines) is 1. The second kappa shape index (κ2) is 8.02. The Morgan fingerprint density at radius 2 is 2.04 bits per heavy atom. The van der Waals surface area contributed by atoms with E-state index in [1.54, 1.807) is 12.4 Å². The molecule has 2 aliphatic heterocycles. The van der Waals surface area contributed by atoms with Gasteiger partial charge in [0.1, 0.15) is 0 Å². The summed E-state index contributed by atoms with van der Waals surface area (Å²) in [7, 11) is 0. The SMILES string of the molecule is CSC1CCN(C(=O)N[C@@H]2CCO[C@H](c3ccncc3)C2)CC1. The van der Waals surface area contributed by atoms with E-state index in [0.717, 1.165) is 44.3 Å². The average molecular weight is 335 g/mol. The van der Waals surface area contributed by atoms with Crippen LogP contribution in [0.3, 0.4) is 0 Å². The van der Waals surface area contributed by atoms with Crippen LogP contribution in [0.5, 0.6) is 0 Å². The van der Waals surface area contributed by atoms with Gasteiger partial charge in [0.05, 0.1) is 6.10 Å². The Morgan fingerprint density at radius 3 is 2.74 bits per heavy atom. The summed E-state index contributed by atoms with van der Waals surface area (Å²) in [5, 5.41) is 3.91. The molecule has 0 unspecified atom stereocenters. The highest BCUT2D eigenvalue weighted by Gasteiger charge is 2.28. The molecule has 2 fully saturated rings. The lowest BCUT2D eigenvalue weighted by Crippen LogP contribution is -2.49. The maximum absolute atomic E-state index is 12.5. The number of aromatic nitrogens is 1. The van der Waals surface area contributed by atoms with Gasteiger partial charge in [-0.2, -0.15) is 11.8 Å². The van der Waals surface area contributed by atoms with Crippen LogP contribution in [0.4, 0.5) is 4.79 Å². The van der Waals surface area contributed by atoms with Gasteiger partial charge in [0, 0.05) is 43.4 Å². The van der Waals surface area contributed by atoms with Crippen LogP contribution >= 0.6 is 11.8 Å². The molecular formula is C17H25N3O2S. The number of pyridine rings is 1. The predicted molar refractivity (Wildman–Crippen MR) is 92.6 cm³/mol. The van der Waals surface area contributed by atoms with Gasteiger partial charge in [-0.05, 0) is 49.6 Å². The number of hydrogen-bond acceptors (Lipinski definition) is 4. The highest BCUT2D eigenvalue weighted by Crippen LogP contribution is 2.28. The molecule has 0 aromatic carbocycles. The summed E-state index contributed by atoms with van der Waals surface area (Å²) in [6.45, 7) is 2.43. The van der Waals surface area contributed by atoms with Crippen molar-refractivity contribution in [2.24, 2.45) is 0 Å². The molecule has 2 amide bonds. The minimum Gasteiger partial charge on any atom is -0.373 e. The van der Waals surface area contributed by atoms with E-state index in [0.29, 0.717) is 11.9 Å². The van der Waals surface area contributed by atoms with E-state index in [1.165, 1.54) is 0 Å². The third-order valence-electron chi connectivity index (χ3n) is 4.75. The van der Waals surface area contributed by atoms with Crippen LogP contribution in [-0.4, -0.2) is 53.2 Å². The Bertz CT molecular complexity index is 506. The summed E-state index contributed by atoms with van der Waals surface area (Å²) in [4.78, 5) is 18.5. The van der Waals surface area contributed by atoms with Gasteiger partial charge in [-0.1, -0.05) is 0 Å². The molecule has 126 valence electrons. The number of nitrogens with zero attached hydrogens (tertiary/aromatic N) is 2. The fourth-order valence-corrected chi connectivity index (χ4v) is 3.98. The number of nitrogens with one attached hydrogen (secondary N) is 1. The Labute approximate surface area is 142 Å². The molecule has 6 heteroatoms. The molecule has 5 nitrogen and oxygen atoms in total. The van der Waals surface area contributed by atoms with Gasteiger partial charge in [0.15, 0.2) is 0 Å². The molecule has 0 aliphatic carbocycles. The maximum Gasteiger partial charge on any atom is 0.317 e. The molecule has 2 atom stereocenters. The molecule has 23 heavy (non-hydrogen) atoms. The van der Waals surface area contributed by atoms with E-state index >= 15 is 0 Å². The van der Waals surface area contributed by atoms with Crippen molar-refractivity contribution in [3.63, 3.8) is 0 Å². The van der Waals surface area contributed by atoms with E-state index in [1.807, 2.05) is 28.8 Å². The van der Waals surface area contributed by atoms with Crippen molar-refractivity contribution < 1.29 is 9.53 Å². The quantitative estimate of drug-likeness (QED) is 0.923. The van der Waals surface area contributed by atoms with Gasteiger partial charge in [0.2, 0.25) is 0 Å². The van der Waals surface area contributed by atoms with Crippen LogP contribution in [0.25, 0.3) is 0 Å². The molecule has 2 aliphatic rings. The largest absolute Gasteiger partial charge is 0.373 e. The highest BCUT2D eigenvalue weighted by molar-refractivity contribution is 7.99. The summed E-state index contributed by atoms with van der Waals surface area (Å²) in [6, 6.07) is 4.25. The number of carbonyl (C=O) groups excluding carboxylic acids is 1. The van der Waals surface area contributed by atoms with Crippen LogP contribution in [0.15, 0.2) is 24.5 Å². The molecule has 0 saturated carbocycles. The zero-order chi connectivity index (χ0) is 16.1. The predicted octanol–water partition coefficient (Wildman–Crippen LogP) is 2.84. The first-order valence-electron chi connectivity index (χ1n) is 8.36. The second-order valence-electron chi connectivity index (χ2n) is 6.23. The molecular weight excluding hydrogens is 310 g/mol. The van der Waals surface area contributed by atoms with Crippen LogP contribution < -0.4 is 5.32 Å². The average Bonchev–Trinajstić information content (AvgIpc) is 2.63. The molecule has 1 aromatic rings. The fourth-order valence-electron chi connectivity index (χ4n) is 3.30. The Morgan fingerprint density at radius 1 is 1.30 bits per heavy atom. The van der Waals surface area contributed by atoms with Crippen molar-refractivity contribution in [2.45, 2.75) is 43.1 Å². The van der Waals surface area contributed by atoms with Crippen molar-refractivity contribution in [3.05, 3.63) is 30.1 Å². The van der Waals surface area contributed by atoms with Gasteiger partial charge in [-0.3, -0.25) is 4.98 Å². The van der Waals surface area contributed by atoms with E-state index in [2.05, 4.69) is 16.6 Å². The van der Waals surface area contributed by atoms with Crippen molar-refractivity contribution in [1.29, 1.82) is 0 Å². The van der Waals surface area contributed by atoms with Crippen LogP contribution in [0, 0.1) is 0 Å². The van der Waals surface area contributed by atoms with Crippen LogP contribution in [0.2, 0.25) is 0 Å². The third-order valence-corrected chi connectivity index (χ3v) is 5.89. The molecule has 0 radical (unpaired) electrons. The van der Waals surface area contributed by atoms with Gasteiger partial charge in [-0.15, -0.1) is 0 Å². The van der Waals surface area contributed by atoms with E-state index in [4.69, 9.17) is 4.74 Å². The lowest BCUT2D eigenvalue weighted by atomic mass is 9.98. The first-order chi connectivity index (χ1) is 11.3. The minimum atomic E-state index is 0.0549. The number of ether oxygens (including phenoxy) is 1. The molecule has 1 N–H and O–H groups in total. The second-order valence-corrected chi connectivity index (χ2v) is 7.37. The summed E-state index contributed by atoms with van der Waals surface area (Å²) in [5.41, 5.74) is 1.14. The van der Waals surface area contributed by atoms with Gasteiger partial charge in [-0.25, -0.2) is 4.79 Å². The topological polar surface area (TPSA) is 54.5 Å². The van der Waals surface area contributed by atoms with Crippen LogP contribution in [0.1, 0.15) is 37.4 Å². The van der Waals surface area contributed by atoms with E-state index in [9.17, 15) is 4.79 Å². The van der Waals surface area contributed by atoms with Crippen molar-refractivity contribution in [2.75, 3.05) is 26.0 Å². The van der Waals surface area contributed by atoms with Gasteiger partial charge < -0.3 is 15.0 Å². The maximum atomic E-state index is 12.5. The van der Waals surface area contributed by atoms with Crippen molar-refractivity contribution in [1.82, 2.24) is 15.2 Å². The molecule has 0 spiro atoms. The standard InChI is InChI=1S/C17H25N3O2S/c1-23-15-4-9-20(10-5-15)17(21)19-14-6-11-22-16(12-14)13-2-7-18-8-3-13/h2-3,7-8,14-16H,4-6,9-12H2,1H3,(H,19,21)/t14-,16+/m1/s1. The number of rotatable bonds is 3. The number of thioether (sulfide) groups is 1. The van der Waals surface area contributed by atoms with Crippen LogP contribution in [-0.2, 0) is 4.74 Å². The van der Waals surface area contributed by atoms with Crippen molar-refractivity contribution in [3.8, 4) is 0 Å². The normalized spacial score (nSPS) is 26.0. The number of hydrogen-bond donors (Lipinski definition) is 1. The molecule has 0 bridgehead atoms. The first kappa shape index (κ1) is 16.6. The van der Waals surface area contributed by atoms with E-state index < -0.39 is 0 Å². The zero-order valence-corrected chi connectivity index (χ0v) is 14.4. The Hall–Kier alpha value is -1.27. The smallest absolute Gasteiger partial charge is 0.317 e. The molecule has 1 aromatic heterocycles.